The summed E-state index contributed by atoms with van der Waals surface area (Å²) in [6.45, 7) is 4.17. The van der Waals surface area contributed by atoms with Crippen LogP contribution in [-0.4, -0.2) is 27.5 Å². The lowest BCUT2D eigenvalue weighted by molar-refractivity contribution is 0.237. The molecule has 112 valence electrons. The number of hydrogen-bond acceptors (Lipinski definition) is 3. The Bertz CT molecular complexity index is 558. The Morgan fingerprint density at radius 2 is 2.05 bits per heavy atom. The fourth-order valence-electron chi connectivity index (χ4n) is 1.50. The number of nitrogens with one attached hydrogen (secondary N) is 3. The minimum Gasteiger partial charge on any atom is -0.336 e. The quantitative estimate of drug-likeness (QED) is 0.737. The van der Waals surface area contributed by atoms with Crippen LogP contribution in [0.4, 0.5) is 4.79 Å². The lowest BCUT2D eigenvalue weighted by Gasteiger charge is -2.12. The van der Waals surface area contributed by atoms with E-state index in [0.29, 0.717) is 0 Å². The van der Waals surface area contributed by atoms with Crippen molar-refractivity contribution >= 4 is 16.1 Å². The highest BCUT2D eigenvalue weighted by molar-refractivity contribution is 7.89. The van der Waals surface area contributed by atoms with Gasteiger partial charge in [-0.05, 0) is 38.1 Å². The van der Waals surface area contributed by atoms with Crippen LogP contribution in [0.1, 0.15) is 25.8 Å². The third-order valence-electron chi connectivity index (χ3n) is 2.92. The van der Waals surface area contributed by atoms with E-state index in [1.165, 1.54) is 19.2 Å². The highest BCUT2D eigenvalue weighted by Gasteiger charge is 2.11. The van der Waals surface area contributed by atoms with Gasteiger partial charge in [0.2, 0.25) is 10.0 Å². The molecule has 3 N–H and O–H groups in total. The van der Waals surface area contributed by atoms with E-state index in [1.807, 2.05) is 13.8 Å². The Morgan fingerprint density at radius 3 is 2.65 bits per heavy atom. The number of rotatable bonds is 6. The van der Waals surface area contributed by atoms with Gasteiger partial charge in [-0.15, -0.1) is 0 Å². The standard InChI is InChI=1S/C13H21N3O3S/c1-4-10(2)16-13(17)15-9-11-6-5-7-12(8-11)20(18,19)14-3/h5-8,10,14H,4,9H2,1-3H3,(H2,15,16,17). The maximum atomic E-state index is 11.7. The summed E-state index contributed by atoms with van der Waals surface area (Å²) in [5.41, 5.74) is 0.723. The van der Waals surface area contributed by atoms with Gasteiger partial charge in [-0.25, -0.2) is 17.9 Å². The van der Waals surface area contributed by atoms with Crippen LogP contribution in [-0.2, 0) is 16.6 Å². The number of urea groups is 1. The lowest BCUT2D eigenvalue weighted by atomic mass is 10.2. The second-order valence-corrected chi connectivity index (χ2v) is 6.38. The van der Waals surface area contributed by atoms with Crippen LogP contribution in [0, 0.1) is 0 Å². The molecule has 0 aromatic heterocycles. The monoisotopic (exact) mass is 299 g/mol. The predicted octanol–water partition coefficient (Wildman–Crippen LogP) is 1.19. The molecule has 0 fully saturated rings. The third kappa shape index (κ3) is 4.82. The van der Waals surface area contributed by atoms with Gasteiger partial charge in [0, 0.05) is 12.6 Å². The van der Waals surface area contributed by atoms with Crippen LogP contribution in [0.5, 0.6) is 0 Å². The Labute approximate surface area is 120 Å². The molecule has 6 nitrogen and oxygen atoms in total. The molecule has 2 amide bonds. The number of benzene rings is 1. The molecule has 0 aliphatic rings. The predicted molar refractivity (Wildman–Crippen MR) is 77.8 cm³/mol. The zero-order chi connectivity index (χ0) is 15.2. The Hall–Kier alpha value is -1.60. The smallest absolute Gasteiger partial charge is 0.315 e. The lowest BCUT2D eigenvalue weighted by Crippen LogP contribution is -2.40. The van der Waals surface area contributed by atoms with E-state index < -0.39 is 10.0 Å². The van der Waals surface area contributed by atoms with Crippen molar-refractivity contribution in [3.8, 4) is 0 Å². The molecule has 1 aromatic carbocycles. The first-order valence-corrected chi connectivity index (χ1v) is 7.94. The number of amides is 2. The zero-order valence-electron chi connectivity index (χ0n) is 11.9. The number of sulfonamides is 1. The number of carbonyl (C=O) groups excluding carboxylic acids is 1. The summed E-state index contributed by atoms with van der Waals surface area (Å²) in [6.07, 6.45) is 0.851. The molecule has 0 radical (unpaired) electrons. The van der Waals surface area contributed by atoms with Crippen molar-refractivity contribution in [1.82, 2.24) is 15.4 Å². The molecule has 1 atom stereocenters. The average Bonchev–Trinajstić information content (AvgIpc) is 2.45. The topological polar surface area (TPSA) is 87.3 Å². The van der Waals surface area contributed by atoms with Gasteiger partial charge in [0.1, 0.15) is 0 Å². The molecule has 0 saturated heterocycles. The van der Waals surface area contributed by atoms with Gasteiger partial charge < -0.3 is 10.6 Å². The summed E-state index contributed by atoms with van der Waals surface area (Å²) >= 11 is 0. The van der Waals surface area contributed by atoms with Gasteiger partial charge in [0.25, 0.3) is 0 Å². The number of hydrogen-bond donors (Lipinski definition) is 3. The summed E-state index contributed by atoms with van der Waals surface area (Å²) in [4.78, 5) is 11.8. The SMILES string of the molecule is CCC(C)NC(=O)NCc1cccc(S(=O)(=O)NC)c1. The summed E-state index contributed by atoms with van der Waals surface area (Å²) in [7, 11) is -2.10. The first kappa shape index (κ1) is 16.5. The van der Waals surface area contributed by atoms with Crippen LogP contribution in [0.3, 0.4) is 0 Å². The molecular formula is C13H21N3O3S. The molecule has 1 aromatic rings. The molecule has 0 saturated carbocycles. The van der Waals surface area contributed by atoms with Crippen LogP contribution < -0.4 is 15.4 Å². The second-order valence-electron chi connectivity index (χ2n) is 4.49. The van der Waals surface area contributed by atoms with Crippen molar-refractivity contribution in [1.29, 1.82) is 0 Å². The van der Waals surface area contributed by atoms with Crippen LogP contribution in [0.2, 0.25) is 0 Å². The minimum atomic E-state index is -3.46. The van der Waals surface area contributed by atoms with Crippen molar-refractivity contribution in [2.45, 2.75) is 37.8 Å². The fraction of sp³-hybridized carbons (Fsp3) is 0.462. The first-order valence-electron chi connectivity index (χ1n) is 6.46. The van der Waals surface area contributed by atoms with Gasteiger partial charge in [-0.2, -0.15) is 0 Å². The summed E-state index contributed by atoms with van der Waals surface area (Å²) < 4.78 is 25.6. The van der Waals surface area contributed by atoms with Gasteiger partial charge in [-0.1, -0.05) is 19.1 Å². The van der Waals surface area contributed by atoms with E-state index in [9.17, 15) is 13.2 Å². The van der Waals surface area contributed by atoms with Crippen molar-refractivity contribution in [2.75, 3.05) is 7.05 Å². The van der Waals surface area contributed by atoms with Gasteiger partial charge in [-0.3, -0.25) is 0 Å². The molecule has 0 heterocycles. The van der Waals surface area contributed by atoms with Crippen molar-refractivity contribution < 1.29 is 13.2 Å². The van der Waals surface area contributed by atoms with Gasteiger partial charge in [0.05, 0.1) is 4.90 Å². The van der Waals surface area contributed by atoms with Crippen molar-refractivity contribution in [2.24, 2.45) is 0 Å². The Balaban J connectivity index is 2.66. The molecular weight excluding hydrogens is 278 g/mol. The molecule has 1 unspecified atom stereocenters. The van der Waals surface area contributed by atoms with Crippen molar-refractivity contribution in [3.05, 3.63) is 29.8 Å². The van der Waals surface area contributed by atoms with Crippen LogP contribution >= 0.6 is 0 Å². The van der Waals surface area contributed by atoms with E-state index in [1.54, 1.807) is 12.1 Å². The third-order valence-corrected chi connectivity index (χ3v) is 4.33. The maximum absolute atomic E-state index is 11.7. The number of carbonyl (C=O) groups is 1. The first-order chi connectivity index (χ1) is 9.39. The largest absolute Gasteiger partial charge is 0.336 e. The minimum absolute atomic E-state index is 0.103. The van der Waals surface area contributed by atoms with Gasteiger partial charge >= 0.3 is 6.03 Å². The Morgan fingerprint density at radius 1 is 1.35 bits per heavy atom. The molecule has 0 aliphatic carbocycles. The highest BCUT2D eigenvalue weighted by atomic mass is 32.2. The molecule has 0 aliphatic heterocycles. The molecule has 0 spiro atoms. The highest BCUT2D eigenvalue weighted by Crippen LogP contribution is 2.10. The fourth-order valence-corrected chi connectivity index (χ4v) is 2.30. The van der Waals surface area contributed by atoms with Crippen LogP contribution in [0.25, 0.3) is 0 Å². The Kier molecular flexibility index (Phi) is 5.97. The molecule has 0 bridgehead atoms. The normalized spacial score (nSPS) is 12.8. The average molecular weight is 299 g/mol. The second kappa shape index (κ2) is 7.25. The maximum Gasteiger partial charge on any atom is 0.315 e. The summed E-state index contributed by atoms with van der Waals surface area (Å²) in [5, 5.41) is 5.47. The van der Waals surface area contributed by atoms with E-state index in [-0.39, 0.29) is 23.5 Å². The van der Waals surface area contributed by atoms with E-state index in [0.717, 1.165) is 12.0 Å². The van der Waals surface area contributed by atoms with E-state index in [4.69, 9.17) is 0 Å². The van der Waals surface area contributed by atoms with E-state index >= 15 is 0 Å². The van der Waals surface area contributed by atoms with Gasteiger partial charge in [0.15, 0.2) is 0 Å². The van der Waals surface area contributed by atoms with Crippen molar-refractivity contribution in [3.63, 3.8) is 0 Å². The van der Waals surface area contributed by atoms with Crippen LogP contribution in [0.15, 0.2) is 29.2 Å². The zero-order valence-corrected chi connectivity index (χ0v) is 12.8. The molecule has 1 rings (SSSR count). The molecule has 20 heavy (non-hydrogen) atoms. The molecule has 7 heteroatoms. The summed E-state index contributed by atoms with van der Waals surface area (Å²) in [5.74, 6) is 0. The summed E-state index contributed by atoms with van der Waals surface area (Å²) in [6, 6.07) is 6.29. The van der Waals surface area contributed by atoms with E-state index in [2.05, 4.69) is 15.4 Å².